The molecule has 3 rings (SSSR count). The fraction of sp³-hybridized carbons (Fsp3) is 0.810. The summed E-state index contributed by atoms with van der Waals surface area (Å²) in [6.45, 7) is 9.86. The van der Waals surface area contributed by atoms with Crippen LogP contribution in [0.2, 0.25) is 0 Å². The van der Waals surface area contributed by atoms with Crippen molar-refractivity contribution in [3.63, 3.8) is 0 Å². The fourth-order valence-corrected chi connectivity index (χ4v) is 4.36. The van der Waals surface area contributed by atoms with E-state index < -0.39 is 5.60 Å². The molecule has 1 aliphatic carbocycles. The SMILES string of the molecule is CC(C)(C)OC(=O)N1CCCN(CC(=O)N2CCCC3CCCC=C32)CC1. The number of rotatable bonds is 2. The average Bonchev–Trinajstić information content (AvgIpc) is 2.85. The van der Waals surface area contributed by atoms with Crippen LogP contribution in [0.15, 0.2) is 11.8 Å². The summed E-state index contributed by atoms with van der Waals surface area (Å²) in [4.78, 5) is 31.3. The summed E-state index contributed by atoms with van der Waals surface area (Å²) in [5.41, 5.74) is 0.806. The van der Waals surface area contributed by atoms with Crippen molar-refractivity contribution in [2.45, 2.75) is 64.9 Å². The molecule has 2 fully saturated rings. The van der Waals surface area contributed by atoms with Gasteiger partial charge < -0.3 is 14.5 Å². The van der Waals surface area contributed by atoms with E-state index in [0.29, 0.717) is 25.6 Å². The minimum absolute atomic E-state index is 0.221. The normalized spacial score (nSPS) is 24.7. The van der Waals surface area contributed by atoms with Crippen molar-refractivity contribution >= 4 is 12.0 Å². The molecule has 2 heterocycles. The number of ether oxygens (including phenoxy) is 1. The number of fused-ring (bicyclic) bond motifs is 1. The Morgan fingerprint density at radius 3 is 2.59 bits per heavy atom. The van der Waals surface area contributed by atoms with Crippen LogP contribution in [0, 0.1) is 5.92 Å². The van der Waals surface area contributed by atoms with E-state index in [2.05, 4.69) is 11.0 Å². The van der Waals surface area contributed by atoms with Crippen molar-refractivity contribution in [3.05, 3.63) is 11.8 Å². The minimum atomic E-state index is -0.475. The van der Waals surface area contributed by atoms with Gasteiger partial charge in [0.15, 0.2) is 0 Å². The number of piperidine rings is 1. The van der Waals surface area contributed by atoms with Crippen molar-refractivity contribution in [1.29, 1.82) is 0 Å². The van der Waals surface area contributed by atoms with Crippen LogP contribution in [-0.2, 0) is 9.53 Å². The largest absolute Gasteiger partial charge is 0.444 e. The van der Waals surface area contributed by atoms with Gasteiger partial charge >= 0.3 is 6.09 Å². The highest BCUT2D eigenvalue weighted by Crippen LogP contribution is 2.35. The monoisotopic (exact) mass is 377 g/mol. The van der Waals surface area contributed by atoms with Gasteiger partial charge in [-0.1, -0.05) is 6.08 Å². The molecule has 2 aliphatic heterocycles. The maximum absolute atomic E-state index is 13.0. The second kappa shape index (κ2) is 8.63. The lowest BCUT2D eigenvalue weighted by Crippen LogP contribution is -2.45. The molecule has 0 saturated carbocycles. The zero-order valence-electron chi connectivity index (χ0n) is 17.2. The molecule has 2 amide bonds. The van der Waals surface area contributed by atoms with Crippen LogP contribution < -0.4 is 0 Å². The third-order valence-corrected chi connectivity index (χ3v) is 5.67. The molecule has 1 unspecified atom stereocenters. The van der Waals surface area contributed by atoms with E-state index in [4.69, 9.17) is 4.74 Å². The van der Waals surface area contributed by atoms with E-state index in [0.717, 1.165) is 38.9 Å². The molecule has 152 valence electrons. The van der Waals surface area contributed by atoms with Gasteiger partial charge in [0.05, 0.1) is 6.54 Å². The molecule has 27 heavy (non-hydrogen) atoms. The average molecular weight is 378 g/mol. The summed E-state index contributed by atoms with van der Waals surface area (Å²) in [5.74, 6) is 0.807. The number of likely N-dealkylation sites (tertiary alicyclic amines) is 1. The van der Waals surface area contributed by atoms with Crippen molar-refractivity contribution in [3.8, 4) is 0 Å². The highest BCUT2D eigenvalue weighted by molar-refractivity contribution is 5.80. The molecule has 0 bridgehead atoms. The highest BCUT2D eigenvalue weighted by Gasteiger charge is 2.31. The van der Waals surface area contributed by atoms with E-state index in [9.17, 15) is 9.59 Å². The lowest BCUT2D eigenvalue weighted by molar-refractivity contribution is -0.131. The van der Waals surface area contributed by atoms with Gasteiger partial charge in [0.25, 0.3) is 0 Å². The number of hydrogen-bond acceptors (Lipinski definition) is 4. The highest BCUT2D eigenvalue weighted by atomic mass is 16.6. The van der Waals surface area contributed by atoms with Crippen molar-refractivity contribution in [1.82, 2.24) is 14.7 Å². The summed E-state index contributed by atoms with van der Waals surface area (Å²) >= 11 is 0. The summed E-state index contributed by atoms with van der Waals surface area (Å²) in [7, 11) is 0. The molecule has 0 aromatic carbocycles. The Hall–Kier alpha value is -1.56. The Balaban J connectivity index is 1.53. The first-order valence-corrected chi connectivity index (χ1v) is 10.5. The number of nitrogens with zero attached hydrogens (tertiary/aromatic N) is 3. The van der Waals surface area contributed by atoms with Gasteiger partial charge in [-0.25, -0.2) is 4.79 Å². The van der Waals surface area contributed by atoms with E-state index in [1.807, 2.05) is 25.7 Å². The Labute approximate surface area is 163 Å². The van der Waals surface area contributed by atoms with E-state index in [-0.39, 0.29) is 12.0 Å². The molecule has 0 aromatic rings. The Morgan fingerprint density at radius 1 is 1.04 bits per heavy atom. The predicted molar refractivity (Wildman–Crippen MR) is 105 cm³/mol. The molecular formula is C21H35N3O3. The Morgan fingerprint density at radius 2 is 1.81 bits per heavy atom. The third kappa shape index (κ3) is 5.47. The van der Waals surface area contributed by atoms with Crippen LogP contribution in [0.5, 0.6) is 0 Å². The first kappa shape index (κ1) is 20.2. The zero-order valence-corrected chi connectivity index (χ0v) is 17.2. The number of allylic oxidation sites excluding steroid dienone is 2. The smallest absolute Gasteiger partial charge is 0.410 e. The van der Waals surface area contributed by atoms with Gasteiger partial charge in [-0.2, -0.15) is 0 Å². The van der Waals surface area contributed by atoms with Gasteiger partial charge in [-0.05, 0) is 65.2 Å². The summed E-state index contributed by atoms with van der Waals surface area (Å²) < 4.78 is 5.49. The molecule has 0 spiro atoms. The maximum atomic E-state index is 13.0. The van der Waals surface area contributed by atoms with Crippen LogP contribution in [0.25, 0.3) is 0 Å². The van der Waals surface area contributed by atoms with Crippen LogP contribution >= 0.6 is 0 Å². The minimum Gasteiger partial charge on any atom is -0.444 e. The lowest BCUT2D eigenvalue weighted by Gasteiger charge is -2.38. The zero-order chi connectivity index (χ0) is 19.4. The van der Waals surface area contributed by atoms with Crippen LogP contribution in [-0.4, -0.2) is 71.6 Å². The van der Waals surface area contributed by atoms with Crippen LogP contribution in [0.3, 0.4) is 0 Å². The summed E-state index contributed by atoms with van der Waals surface area (Å²) in [6.07, 6.45) is 8.83. The third-order valence-electron chi connectivity index (χ3n) is 5.67. The fourth-order valence-electron chi connectivity index (χ4n) is 4.36. The van der Waals surface area contributed by atoms with Gasteiger partial charge in [-0.3, -0.25) is 9.69 Å². The second-order valence-corrected chi connectivity index (χ2v) is 9.04. The molecule has 0 N–H and O–H groups in total. The Bertz CT molecular complexity index is 582. The molecule has 2 saturated heterocycles. The molecule has 1 atom stereocenters. The first-order chi connectivity index (χ1) is 12.8. The molecular weight excluding hydrogens is 342 g/mol. The van der Waals surface area contributed by atoms with Gasteiger partial charge in [0.1, 0.15) is 5.60 Å². The standard InChI is InChI=1S/C21H35N3O3/c1-21(2,3)27-20(26)23-12-7-11-22(14-15-23)16-19(25)24-13-6-9-17-8-4-5-10-18(17)24/h10,17H,4-9,11-16H2,1-3H3. The van der Waals surface area contributed by atoms with Gasteiger partial charge in [0.2, 0.25) is 5.91 Å². The predicted octanol–water partition coefficient (Wildman–Crippen LogP) is 3.24. The van der Waals surface area contributed by atoms with E-state index in [1.54, 1.807) is 4.90 Å². The molecule has 3 aliphatic rings. The molecule has 6 heteroatoms. The van der Waals surface area contributed by atoms with Gasteiger partial charge in [0, 0.05) is 38.4 Å². The number of carbonyl (C=O) groups excluding carboxylic acids is 2. The molecule has 6 nitrogen and oxygen atoms in total. The number of carbonyl (C=O) groups is 2. The van der Waals surface area contributed by atoms with Crippen molar-refractivity contribution in [2.24, 2.45) is 5.92 Å². The topological polar surface area (TPSA) is 53.1 Å². The Kier molecular flexibility index (Phi) is 6.45. The maximum Gasteiger partial charge on any atom is 0.410 e. The van der Waals surface area contributed by atoms with Crippen molar-refractivity contribution in [2.75, 3.05) is 39.3 Å². The first-order valence-electron chi connectivity index (χ1n) is 10.5. The van der Waals surface area contributed by atoms with Crippen molar-refractivity contribution < 1.29 is 14.3 Å². The van der Waals surface area contributed by atoms with E-state index >= 15 is 0 Å². The summed E-state index contributed by atoms with van der Waals surface area (Å²) in [6, 6.07) is 0. The number of hydrogen-bond donors (Lipinski definition) is 0. The summed E-state index contributed by atoms with van der Waals surface area (Å²) in [5, 5.41) is 0. The van der Waals surface area contributed by atoms with E-state index in [1.165, 1.54) is 25.0 Å². The van der Waals surface area contributed by atoms with Gasteiger partial charge in [-0.15, -0.1) is 0 Å². The van der Waals surface area contributed by atoms with Crippen LogP contribution in [0.4, 0.5) is 4.79 Å². The number of amides is 2. The van der Waals surface area contributed by atoms with Crippen LogP contribution in [0.1, 0.15) is 59.3 Å². The lowest BCUT2D eigenvalue weighted by atomic mass is 9.85. The molecule has 0 radical (unpaired) electrons. The molecule has 0 aromatic heterocycles. The quantitative estimate of drug-likeness (QED) is 0.741. The second-order valence-electron chi connectivity index (χ2n) is 9.04.